The van der Waals surface area contributed by atoms with Crippen LogP contribution < -0.4 is 5.32 Å². The maximum atomic E-state index is 12.0. The van der Waals surface area contributed by atoms with Crippen LogP contribution in [0.5, 0.6) is 0 Å². The maximum Gasteiger partial charge on any atom is 0.390 e. The quantitative estimate of drug-likeness (QED) is 0.736. The Bertz CT molecular complexity index is 181. The molecule has 16 heavy (non-hydrogen) atoms. The van der Waals surface area contributed by atoms with E-state index in [1.54, 1.807) is 11.9 Å². The minimum absolute atomic E-state index is 0.0757. The summed E-state index contributed by atoms with van der Waals surface area (Å²) in [6, 6.07) is 0.598. The summed E-state index contributed by atoms with van der Waals surface area (Å²) in [5.74, 6) is 0. The Morgan fingerprint density at radius 1 is 1.19 bits per heavy atom. The predicted octanol–water partition coefficient (Wildman–Crippen LogP) is 2.65. The fraction of sp³-hybridized carbons (Fsp3) is 1.00. The number of hydrogen-bond acceptors (Lipinski definition) is 2. The van der Waals surface area contributed by atoms with Crippen LogP contribution in [0.25, 0.3) is 0 Å². The van der Waals surface area contributed by atoms with E-state index in [9.17, 15) is 13.2 Å². The second-order valence-corrected chi connectivity index (χ2v) is 4.59. The Hall–Kier alpha value is -0.290. The minimum atomic E-state index is -4.05. The molecule has 0 bridgehead atoms. The summed E-state index contributed by atoms with van der Waals surface area (Å²) in [6.07, 6.45) is -3.91. The van der Waals surface area contributed by atoms with Gasteiger partial charge in [0.25, 0.3) is 0 Å². The lowest BCUT2D eigenvalue weighted by Crippen LogP contribution is -2.35. The number of rotatable bonds is 7. The number of halogens is 3. The highest BCUT2D eigenvalue weighted by molar-refractivity contribution is 4.67. The molecule has 0 amide bonds. The summed E-state index contributed by atoms with van der Waals surface area (Å²) in [5, 5.41) is 3.25. The van der Waals surface area contributed by atoms with E-state index in [2.05, 4.69) is 19.2 Å². The Labute approximate surface area is 96.2 Å². The molecule has 0 aromatic carbocycles. The van der Waals surface area contributed by atoms with Crippen molar-refractivity contribution in [2.24, 2.45) is 0 Å². The molecule has 0 aliphatic rings. The van der Waals surface area contributed by atoms with Crippen molar-refractivity contribution < 1.29 is 13.2 Å². The molecule has 0 heterocycles. The fourth-order valence-electron chi connectivity index (χ4n) is 1.32. The lowest BCUT2D eigenvalue weighted by atomic mass is 10.2. The van der Waals surface area contributed by atoms with Crippen molar-refractivity contribution in [3.63, 3.8) is 0 Å². The molecule has 1 unspecified atom stereocenters. The van der Waals surface area contributed by atoms with Gasteiger partial charge in [0.15, 0.2) is 0 Å². The first-order chi connectivity index (χ1) is 7.22. The molecule has 0 radical (unpaired) electrons. The predicted molar refractivity (Wildman–Crippen MR) is 60.5 cm³/mol. The lowest BCUT2D eigenvalue weighted by molar-refractivity contribution is -0.138. The zero-order valence-corrected chi connectivity index (χ0v) is 10.6. The van der Waals surface area contributed by atoms with Crippen LogP contribution >= 0.6 is 0 Å². The summed E-state index contributed by atoms with van der Waals surface area (Å²) in [5.41, 5.74) is 0. The summed E-state index contributed by atoms with van der Waals surface area (Å²) in [6.45, 7) is 6.98. The molecule has 1 N–H and O–H groups in total. The van der Waals surface area contributed by atoms with Crippen molar-refractivity contribution in [3.05, 3.63) is 0 Å². The smallest absolute Gasteiger partial charge is 0.314 e. The topological polar surface area (TPSA) is 15.3 Å². The monoisotopic (exact) mass is 240 g/mol. The van der Waals surface area contributed by atoms with Gasteiger partial charge in [-0.15, -0.1) is 0 Å². The first kappa shape index (κ1) is 15.7. The van der Waals surface area contributed by atoms with Crippen molar-refractivity contribution in [3.8, 4) is 0 Å². The van der Waals surface area contributed by atoms with Gasteiger partial charge >= 0.3 is 6.18 Å². The van der Waals surface area contributed by atoms with Gasteiger partial charge in [-0.05, 0) is 26.9 Å². The minimum Gasteiger partial charge on any atom is -0.314 e. The number of nitrogens with one attached hydrogen (secondary N) is 1. The highest BCUT2D eigenvalue weighted by Gasteiger charge is 2.27. The summed E-state index contributed by atoms with van der Waals surface area (Å²) >= 11 is 0. The van der Waals surface area contributed by atoms with Crippen LogP contribution in [0.4, 0.5) is 13.2 Å². The van der Waals surface area contributed by atoms with Crippen LogP contribution in [-0.2, 0) is 0 Å². The summed E-state index contributed by atoms with van der Waals surface area (Å²) < 4.78 is 36.0. The standard InChI is InChI=1S/C11H23F3N2/c1-9(2)15-7-5-10(3)16(4)8-6-11(12,13)14/h9-10,15H,5-8H2,1-4H3. The molecule has 98 valence electrons. The van der Waals surface area contributed by atoms with Gasteiger partial charge in [-0.25, -0.2) is 0 Å². The van der Waals surface area contributed by atoms with Gasteiger partial charge in [0.05, 0.1) is 6.42 Å². The fourth-order valence-corrected chi connectivity index (χ4v) is 1.32. The van der Waals surface area contributed by atoms with E-state index in [-0.39, 0.29) is 12.6 Å². The third-order valence-electron chi connectivity index (χ3n) is 2.62. The van der Waals surface area contributed by atoms with E-state index in [1.807, 2.05) is 6.92 Å². The van der Waals surface area contributed by atoms with Crippen molar-refractivity contribution in [2.45, 2.75) is 51.9 Å². The first-order valence-electron chi connectivity index (χ1n) is 5.72. The Morgan fingerprint density at radius 2 is 1.75 bits per heavy atom. The largest absolute Gasteiger partial charge is 0.390 e. The van der Waals surface area contributed by atoms with E-state index >= 15 is 0 Å². The van der Waals surface area contributed by atoms with Crippen molar-refractivity contribution in [1.29, 1.82) is 0 Å². The van der Waals surface area contributed by atoms with Gasteiger partial charge in [-0.3, -0.25) is 0 Å². The molecule has 0 spiro atoms. The molecule has 0 saturated carbocycles. The zero-order valence-electron chi connectivity index (χ0n) is 10.6. The van der Waals surface area contributed by atoms with Gasteiger partial charge in [0, 0.05) is 18.6 Å². The van der Waals surface area contributed by atoms with Crippen molar-refractivity contribution in [2.75, 3.05) is 20.1 Å². The second kappa shape index (κ2) is 7.12. The molecule has 0 fully saturated rings. The third kappa shape index (κ3) is 8.97. The SMILES string of the molecule is CC(C)NCCC(C)N(C)CCC(F)(F)F. The van der Waals surface area contributed by atoms with Crippen LogP contribution in [0.15, 0.2) is 0 Å². The van der Waals surface area contributed by atoms with Crippen LogP contribution in [0.3, 0.4) is 0 Å². The van der Waals surface area contributed by atoms with Gasteiger partial charge in [-0.2, -0.15) is 13.2 Å². The molecule has 0 saturated heterocycles. The van der Waals surface area contributed by atoms with Gasteiger partial charge in [0.1, 0.15) is 0 Å². The zero-order chi connectivity index (χ0) is 12.8. The van der Waals surface area contributed by atoms with Crippen LogP contribution in [-0.4, -0.2) is 43.3 Å². The van der Waals surface area contributed by atoms with Crippen molar-refractivity contribution >= 4 is 0 Å². The van der Waals surface area contributed by atoms with E-state index in [0.717, 1.165) is 13.0 Å². The highest BCUT2D eigenvalue weighted by atomic mass is 19.4. The van der Waals surface area contributed by atoms with E-state index in [0.29, 0.717) is 6.04 Å². The maximum absolute atomic E-state index is 12.0. The molecule has 0 aromatic rings. The lowest BCUT2D eigenvalue weighted by Gasteiger charge is -2.25. The summed E-state index contributed by atoms with van der Waals surface area (Å²) in [7, 11) is 1.74. The summed E-state index contributed by atoms with van der Waals surface area (Å²) in [4.78, 5) is 1.76. The second-order valence-electron chi connectivity index (χ2n) is 4.59. The van der Waals surface area contributed by atoms with Gasteiger partial charge < -0.3 is 10.2 Å². The third-order valence-corrected chi connectivity index (χ3v) is 2.62. The van der Waals surface area contributed by atoms with E-state index < -0.39 is 12.6 Å². The van der Waals surface area contributed by atoms with Gasteiger partial charge in [-0.1, -0.05) is 13.8 Å². The molecule has 0 rings (SSSR count). The highest BCUT2D eigenvalue weighted by Crippen LogP contribution is 2.20. The molecule has 5 heteroatoms. The molecular formula is C11H23F3N2. The van der Waals surface area contributed by atoms with Crippen molar-refractivity contribution in [1.82, 2.24) is 10.2 Å². The molecule has 2 nitrogen and oxygen atoms in total. The van der Waals surface area contributed by atoms with Crippen LogP contribution in [0.2, 0.25) is 0 Å². The number of hydrogen-bond donors (Lipinski definition) is 1. The van der Waals surface area contributed by atoms with E-state index in [4.69, 9.17) is 0 Å². The molecule has 0 aliphatic carbocycles. The normalized spacial score (nSPS) is 14.8. The first-order valence-corrected chi connectivity index (χ1v) is 5.72. The molecule has 0 aromatic heterocycles. The Morgan fingerprint density at radius 3 is 2.19 bits per heavy atom. The number of alkyl halides is 3. The average molecular weight is 240 g/mol. The van der Waals surface area contributed by atoms with Crippen LogP contribution in [0.1, 0.15) is 33.6 Å². The van der Waals surface area contributed by atoms with Gasteiger partial charge in [0.2, 0.25) is 0 Å². The molecule has 0 aliphatic heterocycles. The molecular weight excluding hydrogens is 217 g/mol. The Kier molecular flexibility index (Phi) is 6.99. The average Bonchev–Trinajstić information content (AvgIpc) is 2.12. The van der Waals surface area contributed by atoms with E-state index in [1.165, 1.54) is 0 Å². The number of nitrogens with zero attached hydrogens (tertiary/aromatic N) is 1. The molecule has 1 atom stereocenters. The Balaban J connectivity index is 3.69. The van der Waals surface area contributed by atoms with Crippen LogP contribution in [0, 0.1) is 0 Å².